The molecule has 1 heterocycles. The highest BCUT2D eigenvalue weighted by Crippen LogP contribution is 2.18. The first-order valence-electron chi connectivity index (χ1n) is 8.12. The van der Waals surface area contributed by atoms with E-state index in [1.54, 1.807) is 45.2 Å². The minimum absolute atomic E-state index is 0.0389. The van der Waals surface area contributed by atoms with Crippen LogP contribution in [-0.2, 0) is 9.53 Å². The second-order valence-corrected chi connectivity index (χ2v) is 5.70. The summed E-state index contributed by atoms with van der Waals surface area (Å²) in [6.07, 6.45) is 0. The predicted octanol–water partition coefficient (Wildman–Crippen LogP) is 1.30. The third-order valence-electron chi connectivity index (χ3n) is 3.91. The molecule has 0 atom stereocenters. The smallest absolute Gasteiger partial charge is 0.339 e. The quantitative estimate of drug-likeness (QED) is 0.447. The summed E-state index contributed by atoms with van der Waals surface area (Å²) in [5.41, 5.74) is 6.79. The van der Waals surface area contributed by atoms with Crippen molar-refractivity contribution in [2.45, 2.75) is 13.8 Å². The number of nitrogens with one attached hydrogen (secondary N) is 4. The molecule has 0 unspecified atom stereocenters. The molecule has 2 aromatic rings. The third kappa shape index (κ3) is 4.78. The SMILES string of the molecule is COC(=O)c1c(C)[nH]c(C(=O)NNC(=O)CNc2ccc(OC)cc2)c1C. The van der Waals surface area contributed by atoms with Crippen LogP contribution < -0.4 is 20.9 Å². The minimum atomic E-state index is -0.566. The van der Waals surface area contributed by atoms with E-state index >= 15 is 0 Å². The van der Waals surface area contributed by atoms with E-state index in [4.69, 9.17) is 9.47 Å². The summed E-state index contributed by atoms with van der Waals surface area (Å²) in [7, 11) is 2.84. The molecule has 2 rings (SSSR count). The van der Waals surface area contributed by atoms with Crippen LogP contribution in [0.25, 0.3) is 0 Å². The van der Waals surface area contributed by atoms with Gasteiger partial charge in [0.15, 0.2) is 0 Å². The van der Waals surface area contributed by atoms with Gasteiger partial charge in [0.1, 0.15) is 11.4 Å². The first-order chi connectivity index (χ1) is 12.9. The highest BCUT2D eigenvalue weighted by Gasteiger charge is 2.22. The lowest BCUT2D eigenvalue weighted by molar-refractivity contribution is -0.120. The van der Waals surface area contributed by atoms with E-state index in [2.05, 4.69) is 21.2 Å². The minimum Gasteiger partial charge on any atom is -0.497 e. The van der Waals surface area contributed by atoms with Gasteiger partial charge in [0.2, 0.25) is 0 Å². The summed E-state index contributed by atoms with van der Waals surface area (Å²) < 4.78 is 9.76. The van der Waals surface area contributed by atoms with Crippen molar-refractivity contribution in [3.05, 3.63) is 46.8 Å². The van der Waals surface area contributed by atoms with Crippen LogP contribution in [0.15, 0.2) is 24.3 Å². The molecule has 0 aliphatic carbocycles. The summed E-state index contributed by atoms with van der Waals surface area (Å²) in [6.45, 7) is 3.24. The Labute approximate surface area is 156 Å². The van der Waals surface area contributed by atoms with Gasteiger partial charge in [0, 0.05) is 11.4 Å². The molecule has 27 heavy (non-hydrogen) atoms. The Bertz CT molecular complexity index is 842. The monoisotopic (exact) mass is 374 g/mol. The third-order valence-corrected chi connectivity index (χ3v) is 3.91. The fraction of sp³-hybridized carbons (Fsp3) is 0.278. The number of rotatable bonds is 6. The molecule has 4 N–H and O–H groups in total. The number of hydrogen-bond donors (Lipinski definition) is 4. The van der Waals surface area contributed by atoms with Gasteiger partial charge >= 0.3 is 5.97 Å². The van der Waals surface area contributed by atoms with E-state index in [0.29, 0.717) is 22.6 Å². The van der Waals surface area contributed by atoms with Gasteiger partial charge in [-0.2, -0.15) is 0 Å². The summed E-state index contributed by atoms with van der Waals surface area (Å²) in [5.74, 6) is -0.829. The number of hydrogen-bond acceptors (Lipinski definition) is 6. The number of aromatic nitrogens is 1. The number of benzene rings is 1. The molecular weight excluding hydrogens is 352 g/mol. The van der Waals surface area contributed by atoms with Crippen LogP contribution in [0.1, 0.15) is 32.1 Å². The van der Waals surface area contributed by atoms with Crippen LogP contribution in [0.3, 0.4) is 0 Å². The lowest BCUT2D eigenvalue weighted by Crippen LogP contribution is -2.44. The fourth-order valence-electron chi connectivity index (χ4n) is 2.51. The van der Waals surface area contributed by atoms with Crippen LogP contribution in [0.5, 0.6) is 5.75 Å². The van der Waals surface area contributed by atoms with E-state index in [1.807, 2.05) is 0 Å². The fourth-order valence-corrected chi connectivity index (χ4v) is 2.51. The molecule has 0 fully saturated rings. The maximum atomic E-state index is 12.2. The van der Waals surface area contributed by atoms with E-state index in [0.717, 1.165) is 5.69 Å². The van der Waals surface area contributed by atoms with Gasteiger partial charge in [0.05, 0.1) is 26.3 Å². The van der Waals surface area contributed by atoms with Gasteiger partial charge < -0.3 is 19.8 Å². The van der Waals surface area contributed by atoms with Crippen molar-refractivity contribution in [2.75, 3.05) is 26.1 Å². The Morgan fingerprint density at radius 2 is 1.70 bits per heavy atom. The highest BCUT2D eigenvalue weighted by molar-refractivity contribution is 6.01. The Balaban J connectivity index is 1.89. The molecule has 1 aromatic carbocycles. The van der Waals surface area contributed by atoms with Crippen molar-refractivity contribution in [3.8, 4) is 5.75 Å². The Kier molecular flexibility index (Phi) is 6.42. The molecule has 144 valence electrons. The Hall–Kier alpha value is -3.49. The standard InChI is InChI=1S/C18H22N4O5/c1-10-15(18(25)27-4)11(2)20-16(10)17(24)22-21-14(23)9-19-12-5-7-13(26-3)8-6-12/h5-8,19-20H,9H2,1-4H3,(H,21,23)(H,22,24). The van der Waals surface area contributed by atoms with Gasteiger partial charge in [-0.25, -0.2) is 4.79 Å². The predicted molar refractivity (Wildman–Crippen MR) is 98.7 cm³/mol. The van der Waals surface area contributed by atoms with Crippen molar-refractivity contribution < 1.29 is 23.9 Å². The van der Waals surface area contributed by atoms with Crippen molar-refractivity contribution in [1.82, 2.24) is 15.8 Å². The average molecular weight is 374 g/mol. The van der Waals surface area contributed by atoms with E-state index in [-0.39, 0.29) is 12.2 Å². The zero-order valence-electron chi connectivity index (χ0n) is 15.6. The number of aryl methyl sites for hydroxylation is 1. The second kappa shape index (κ2) is 8.75. The summed E-state index contributed by atoms with van der Waals surface area (Å²) >= 11 is 0. The van der Waals surface area contributed by atoms with Gasteiger partial charge in [-0.3, -0.25) is 20.4 Å². The number of H-pyrrole nitrogens is 1. The molecule has 0 saturated heterocycles. The Morgan fingerprint density at radius 1 is 1.04 bits per heavy atom. The highest BCUT2D eigenvalue weighted by atomic mass is 16.5. The number of amides is 2. The van der Waals surface area contributed by atoms with Gasteiger partial charge in [0.25, 0.3) is 11.8 Å². The first-order valence-corrected chi connectivity index (χ1v) is 8.12. The summed E-state index contributed by atoms with van der Waals surface area (Å²) in [6, 6.07) is 7.06. The average Bonchev–Trinajstić information content (AvgIpc) is 2.98. The molecule has 0 aliphatic heterocycles. The molecule has 1 aromatic heterocycles. The molecule has 0 spiro atoms. The van der Waals surface area contributed by atoms with E-state index in [9.17, 15) is 14.4 Å². The van der Waals surface area contributed by atoms with E-state index in [1.165, 1.54) is 7.11 Å². The molecule has 9 nitrogen and oxygen atoms in total. The van der Waals surface area contributed by atoms with Crippen molar-refractivity contribution in [3.63, 3.8) is 0 Å². The summed E-state index contributed by atoms with van der Waals surface area (Å²) in [5, 5.41) is 2.92. The molecular formula is C18H22N4O5. The molecule has 2 amide bonds. The molecule has 0 radical (unpaired) electrons. The molecule has 0 saturated carbocycles. The summed E-state index contributed by atoms with van der Waals surface area (Å²) in [4.78, 5) is 38.7. The van der Waals surface area contributed by atoms with Gasteiger partial charge in [-0.15, -0.1) is 0 Å². The largest absolute Gasteiger partial charge is 0.497 e. The molecule has 0 bridgehead atoms. The number of hydrazine groups is 1. The topological polar surface area (TPSA) is 122 Å². The maximum Gasteiger partial charge on any atom is 0.339 e. The van der Waals surface area contributed by atoms with Crippen molar-refractivity contribution >= 4 is 23.5 Å². The number of aromatic amines is 1. The number of carbonyl (C=O) groups excluding carboxylic acids is 3. The zero-order valence-corrected chi connectivity index (χ0v) is 15.6. The van der Waals surface area contributed by atoms with Crippen LogP contribution in [0.2, 0.25) is 0 Å². The Morgan fingerprint density at radius 3 is 2.30 bits per heavy atom. The van der Waals surface area contributed by atoms with Gasteiger partial charge in [-0.1, -0.05) is 0 Å². The molecule has 0 aliphatic rings. The van der Waals surface area contributed by atoms with Crippen molar-refractivity contribution in [2.24, 2.45) is 0 Å². The van der Waals surface area contributed by atoms with Crippen LogP contribution >= 0.6 is 0 Å². The second-order valence-electron chi connectivity index (χ2n) is 5.70. The van der Waals surface area contributed by atoms with Crippen molar-refractivity contribution in [1.29, 1.82) is 0 Å². The van der Waals surface area contributed by atoms with Crippen LogP contribution in [-0.4, -0.2) is 43.5 Å². The molecule has 9 heteroatoms. The zero-order chi connectivity index (χ0) is 20.0. The van der Waals surface area contributed by atoms with Gasteiger partial charge in [-0.05, 0) is 43.7 Å². The van der Waals surface area contributed by atoms with E-state index < -0.39 is 17.8 Å². The lowest BCUT2D eigenvalue weighted by Gasteiger charge is -2.09. The van der Waals surface area contributed by atoms with Crippen LogP contribution in [0.4, 0.5) is 5.69 Å². The number of anilines is 1. The number of esters is 1. The normalized spacial score (nSPS) is 10.1. The van der Waals surface area contributed by atoms with Crippen LogP contribution in [0, 0.1) is 13.8 Å². The number of carbonyl (C=O) groups is 3. The maximum absolute atomic E-state index is 12.2. The number of methoxy groups -OCH3 is 2. The number of ether oxygens (including phenoxy) is 2. The first kappa shape index (κ1) is 19.8. The lowest BCUT2D eigenvalue weighted by atomic mass is 10.1.